The molecule has 0 unspecified atom stereocenters. The normalized spacial score (nSPS) is 10.4. The van der Waals surface area contributed by atoms with Gasteiger partial charge in [0.25, 0.3) is 0 Å². The Hall–Kier alpha value is -2.03. The van der Waals surface area contributed by atoms with Gasteiger partial charge in [-0.15, -0.1) is 0 Å². The van der Waals surface area contributed by atoms with E-state index in [1.807, 2.05) is 33.8 Å². The zero-order valence-corrected chi connectivity index (χ0v) is 11.0. The minimum absolute atomic E-state index is 0.258. The Morgan fingerprint density at radius 2 is 1.83 bits per heavy atom. The third kappa shape index (κ3) is 2.30. The van der Waals surface area contributed by atoms with Crippen LogP contribution in [0.4, 0.5) is 0 Å². The largest absolute Gasteiger partial charge is 0.457 e. The van der Waals surface area contributed by atoms with Crippen LogP contribution in [0.1, 0.15) is 32.8 Å². The van der Waals surface area contributed by atoms with Gasteiger partial charge in [0.05, 0.1) is 6.26 Å². The average molecular weight is 244 g/mol. The molecule has 1 aromatic heterocycles. The van der Waals surface area contributed by atoms with Crippen LogP contribution in [-0.2, 0) is 0 Å². The number of esters is 1. The average Bonchev–Trinajstić information content (AvgIpc) is 2.71. The highest BCUT2D eigenvalue weighted by Crippen LogP contribution is 2.24. The number of benzene rings is 1. The summed E-state index contributed by atoms with van der Waals surface area (Å²) in [6.07, 6.45) is 1.49. The molecule has 0 spiro atoms. The lowest BCUT2D eigenvalue weighted by molar-refractivity contribution is 0.0699. The van der Waals surface area contributed by atoms with E-state index in [1.165, 1.54) is 6.26 Å². The summed E-state index contributed by atoms with van der Waals surface area (Å²) in [5, 5.41) is 0. The van der Waals surface area contributed by atoms with Gasteiger partial charge in [-0.1, -0.05) is 6.07 Å². The van der Waals surface area contributed by atoms with Crippen molar-refractivity contribution in [3.8, 4) is 5.75 Å². The van der Waals surface area contributed by atoms with Crippen molar-refractivity contribution in [1.82, 2.24) is 0 Å². The van der Waals surface area contributed by atoms with Crippen LogP contribution in [0.5, 0.6) is 5.75 Å². The lowest BCUT2D eigenvalue weighted by atomic mass is 10.1. The molecule has 0 saturated heterocycles. The topological polar surface area (TPSA) is 39.4 Å². The molecule has 0 saturated carbocycles. The van der Waals surface area contributed by atoms with E-state index in [9.17, 15) is 4.79 Å². The molecule has 18 heavy (non-hydrogen) atoms. The molecule has 0 aliphatic rings. The van der Waals surface area contributed by atoms with E-state index >= 15 is 0 Å². The second-order valence-corrected chi connectivity index (χ2v) is 4.53. The van der Waals surface area contributed by atoms with Gasteiger partial charge in [-0.25, -0.2) is 4.79 Å². The van der Waals surface area contributed by atoms with Crippen LogP contribution in [-0.4, -0.2) is 5.97 Å². The number of hydrogen-bond donors (Lipinski definition) is 0. The first-order valence-corrected chi connectivity index (χ1v) is 5.83. The number of hydrogen-bond acceptors (Lipinski definition) is 3. The minimum Gasteiger partial charge on any atom is -0.457 e. The second kappa shape index (κ2) is 4.69. The summed E-state index contributed by atoms with van der Waals surface area (Å²) in [5.74, 6) is 0.396. The first-order valence-electron chi connectivity index (χ1n) is 5.83. The molecular formula is C15H16O3. The Kier molecular flexibility index (Phi) is 3.24. The predicted octanol–water partition coefficient (Wildman–Crippen LogP) is 3.73. The summed E-state index contributed by atoms with van der Waals surface area (Å²) >= 11 is 0. The first kappa shape index (κ1) is 12.4. The molecule has 1 aromatic carbocycles. The van der Waals surface area contributed by atoms with Gasteiger partial charge in [0.2, 0.25) is 5.76 Å². The molecule has 0 aliphatic heterocycles. The third-order valence-electron chi connectivity index (χ3n) is 3.01. The molecule has 0 radical (unpaired) electrons. The zero-order valence-electron chi connectivity index (χ0n) is 11.0. The van der Waals surface area contributed by atoms with Crippen LogP contribution in [0.25, 0.3) is 0 Å². The number of carbonyl (C=O) groups excluding carboxylic acids is 1. The summed E-state index contributed by atoms with van der Waals surface area (Å²) < 4.78 is 10.5. The Morgan fingerprint density at radius 1 is 1.11 bits per heavy atom. The summed E-state index contributed by atoms with van der Waals surface area (Å²) in [6.45, 7) is 7.72. The quantitative estimate of drug-likeness (QED) is 0.597. The fourth-order valence-corrected chi connectivity index (χ4v) is 1.83. The van der Waals surface area contributed by atoms with Crippen molar-refractivity contribution in [3.63, 3.8) is 0 Å². The van der Waals surface area contributed by atoms with E-state index in [2.05, 4.69) is 6.07 Å². The molecule has 0 N–H and O–H groups in total. The van der Waals surface area contributed by atoms with Gasteiger partial charge in [-0.3, -0.25) is 0 Å². The maximum Gasteiger partial charge on any atom is 0.379 e. The predicted molar refractivity (Wildman–Crippen MR) is 69.1 cm³/mol. The highest BCUT2D eigenvalue weighted by molar-refractivity contribution is 5.89. The molecule has 0 atom stereocenters. The SMILES string of the molecule is Cc1cc(C)c(C)c(OC(=O)c2occc2C)c1. The molecular weight excluding hydrogens is 228 g/mol. The molecule has 2 aromatic rings. The van der Waals surface area contributed by atoms with Crippen LogP contribution in [0, 0.1) is 27.7 Å². The number of furan rings is 1. The Labute approximate surface area is 106 Å². The highest BCUT2D eigenvalue weighted by Gasteiger charge is 2.16. The maximum atomic E-state index is 12.0. The van der Waals surface area contributed by atoms with Gasteiger partial charge in [0.15, 0.2) is 0 Å². The van der Waals surface area contributed by atoms with Crippen molar-refractivity contribution in [3.05, 3.63) is 52.5 Å². The maximum absolute atomic E-state index is 12.0. The van der Waals surface area contributed by atoms with Crippen LogP contribution < -0.4 is 4.74 Å². The van der Waals surface area contributed by atoms with E-state index < -0.39 is 5.97 Å². The smallest absolute Gasteiger partial charge is 0.379 e. The van der Waals surface area contributed by atoms with Gasteiger partial charge in [0, 0.05) is 5.56 Å². The van der Waals surface area contributed by atoms with Crippen LogP contribution in [0.3, 0.4) is 0 Å². The van der Waals surface area contributed by atoms with Crippen molar-refractivity contribution in [2.75, 3.05) is 0 Å². The number of carbonyl (C=O) groups is 1. The van der Waals surface area contributed by atoms with Crippen molar-refractivity contribution >= 4 is 5.97 Å². The number of ether oxygens (including phenoxy) is 1. The zero-order chi connectivity index (χ0) is 13.3. The lowest BCUT2D eigenvalue weighted by Crippen LogP contribution is -2.10. The van der Waals surface area contributed by atoms with Crippen molar-refractivity contribution in [2.45, 2.75) is 27.7 Å². The fourth-order valence-electron chi connectivity index (χ4n) is 1.83. The molecule has 1 heterocycles. The van der Waals surface area contributed by atoms with Gasteiger partial charge in [-0.05, 0) is 56.5 Å². The standard InChI is InChI=1S/C15H16O3/c1-9-7-11(3)12(4)13(8-9)18-15(16)14-10(2)5-6-17-14/h5-8H,1-4H3. The van der Waals surface area contributed by atoms with Crippen LogP contribution in [0.2, 0.25) is 0 Å². The molecule has 0 amide bonds. The van der Waals surface area contributed by atoms with Crippen molar-refractivity contribution in [1.29, 1.82) is 0 Å². The van der Waals surface area contributed by atoms with E-state index in [4.69, 9.17) is 9.15 Å². The molecule has 3 heteroatoms. The van der Waals surface area contributed by atoms with Crippen LogP contribution in [0.15, 0.2) is 28.9 Å². The first-order chi connectivity index (χ1) is 8.49. The Bertz CT molecular complexity index is 594. The summed E-state index contributed by atoms with van der Waals surface area (Å²) in [5.41, 5.74) is 3.92. The summed E-state index contributed by atoms with van der Waals surface area (Å²) in [4.78, 5) is 12.0. The van der Waals surface area contributed by atoms with Gasteiger partial charge < -0.3 is 9.15 Å². The Morgan fingerprint density at radius 3 is 2.44 bits per heavy atom. The van der Waals surface area contributed by atoms with Gasteiger partial charge in [0.1, 0.15) is 5.75 Å². The summed E-state index contributed by atoms with van der Waals surface area (Å²) in [6, 6.07) is 5.66. The van der Waals surface area contributed by atoms with E-state index in [0.29, 0.717) is 5.75 Å². The molecule has 0 bridgehead atoms. The Balaban J connectivity index is 2.30. The number of rotatable bonds is 2. The van der Waals surface area contributed by atoms with Gasteiger partial charge >= 0.3 is 5.97 Å². The second-order valence-electron chi connectivity index (χ2n) is 4.53. The molecule has 94 valence electrons. The highest BCUT2D eigenvalue weighted by atomic mass is 16.5. The van der Waals surface area contributed by atoms with E-state index in [0.717, 1.165) is 22.3 Å². The monoisotopic (exact) mass is 244 g/mol. The molecule has 3 nitrogen and oxygen atoms in total. The van der Waals surface area contributed by atoms with Crippen molar-refractivity contribution in [2.24, 2.45) is 0 Å². The van der Waals surface area contributed by atoms with E-state index in [1.54, 1.807) is 6.07 Å². The van der Waals surface area contributed by atoms with E-state index in [-0.39, 0.29) is 5.76 Å². The van der Waals surface area contributed by atoms with Crippen LogP contribution >= 0.6 is 0 Å². The summed E-state index contributed by atoms with van der Waals surface area (Å²) in [7, 11) is 0. The minimum atomic E-state index is -0.453. The molecule has 2 rings (SSSR count). The third-order valence-corrected chi connectivity index (χ3v) is 3.01. The fraction of sp³-hybridized carbons (Fsp3) is 0.267. The lowest BCUT2D eigenvalue weighted by Gasteiger charge is -2.10. The molecule has 0 fully saturated rings. The van der Waals surface area contributed by atoms with Crippen molar-refractivity contribution < 1.29 is 13.9 Å². The van der Waals surface area contributed by atoms with Gasteiger partial charge in [-0.2, -0.15) is 0 Å². The number of aryl methyl sites for hydroxylation is 3. The molecule has 0 aliphatic carbocycles.